The summed E-state index contributed by atoms with van der Waals surface area (Å²) in [5.74, 6) is -1.48. The number of amides is 1. The van der Waals surface area contributed by atoms with E-state index in [4.69, 9.17) is 5.11 Å². The summed E-state index contributed by atoms with van der Waals surface area (Å²) in [6.07, 6.45) is 1.63. The number of hydrogen-bond acceptors (Lipinski definition) is 4. The highest BCUT2D eigenvalue weighted by molar-refractivity contribution is 5.94. The molecule has 1 unspecified atom stereocenters. The van der Waals surface area contributed by atoms with E-state index in [1.807, 2.05) is 18.7 Å². The molecule has 144 valence electrons. The topological polar surface area (TPSA) is 72.9 Å². The van der Waals surface area contributed by atoms with Crippen LogP contribution in [0.1, 0.15) is 32.3 Å². The third-order valence-corrected chi connectivity index (χ3v) is 5.07. The highest BCUT2D eigenvalue weighted by atomic mass is 19.1. The van der Waals surface area contributed by atoms with Gasteiger partial charge in [0.05, 0.1) is 18.3 Å². The van der Waals surface area contributed by atoms with E-state index in [2.05, 4.69) is 10.2 Å². The van der Waals surface area contributed by atoms with Crippen LogP contribution in [0.25, 0.3) is 0 Å². The number of anilines is 1. The molecule has 0 bridgehead atoms. The highest BCUT2D eigenvalue weighted by Gasteiger charge is 2.29. The van der Waals surface area contributed by atoms with Crippen LogP contribution in [0.4, 0.5) is 10.1 Å². The zero-order chi connectivity index (χ0) is 19.3. The number of aryl methyl sites for hydroxylation is 1. The van der Waals surface area contributed by atoms with Crippen molar-refractivity contribution in [3.05, 3.63) is 29.6 Å². The number of likely N-dealkylation sites (tertiary alicyclic amines) is 1. The van der Waals surface area contributed by atoms with Crippen LogP contribution in [0.3, 0.4) is 0 Å². The number of nitrogens with zero attached hydrogens (tertiary/aromatic N) is 2. The normalized spacial score (nSPS) is 17.3. The van der Waals surface area contributed by atoms with Crippen LogP contribution in [0, 0.1) is 12.7 Å². The van der Waals surface area contributed by atoms with Crippen LogP contribution in [0.5, 0.6) is 0 Å². The summed E-state index contributed by atoms with van der Waals surface area (Å²) in [6, 6.07) is 4.58. The van der Waals surface area contributed by atoms with E-state index < -0.39 is 11.8 Å². The summed E-state index contributed by atoms with van der Waals surface area (Å²) in [4.78, 5) is 27.4. The number of likely N-dealkylation sites (N-methyl/N-ethyl adjacent to an activating group) is 1. The Bertz CT molecular complexity index is 645. The number of carbonyl (C=O) groups excluding carboxylic acids is 1. The molecule has 1 amide bonds. The van der Waals surface area contributed by atoms with Crippen molar-refractivity contribution in [2.24, 2.45) is 0 Å². The molecule has 1 heterocycles. The zero-order valence-corrected chi connectivity index (χ0v) is 15.7. The minimum atomic E-state index is -0.817. The van der Waals surface area contributed by atoms with E-state index in [0.717, 1.165) is 18.4 Å². The summed E-state index contributed by atoms with van der Waals surface area (Å²) < 4.78 is 13.9. The fourth-order valence-electron chi connectivity index (χ4n) is 3.44. The quantitative estimate of drug-likeness (QED) is 0.776. The molecule has 2 N–H and O–H groups in total. The zero-order valence-electron chi connectivity index (χ0n) is 15.7. The van der Waals surface area contributed by atoms with Gasteiger partial charge in [-0.05, 0) is 50.9 Å². The molecular weight excluding hydrogens is 337 g/mol. The van der Waals surface area contributed by atoms with Gasteiger partial charge >= 0.3 is 5.97 Å². The molecule has 1 saturated heterocycles. The number of carboxylic acid groups (broad SMARTS) is 1. The Balaban J connectivity index is 1.89. The van der Waals surface area contributed by atoms with Crippen LogP contribution in [0.2, 0.25) is 0 Å². The average molecular weight is 365 g/mol. The van der Waals surface area contributed by atoms with Crippen LogP contribution in [0.15, 0.2) is 18.2 Å². The Hall–Kier alpha value is -1.99. The first-order chi connectivity index (χ1) is 12.3. The monoisotopic (exact) mass is 365 g/mol. The second-order valence-corrected chi connectivity index (χ2v) is 6.87. The number of hydrogen-bond donors (Lipinski definition) is 2. The maximum Gasteiger partial charge on any atom is 0.317 e. The molecule has 2 rings (SSSR count). The van der Waals surface area contributed by atoms with E-state index in [1.165, 1.54) is 6.07 Å². The summed E-state index contributed by atoms with van der Waals surface area (Å²) in [5.41, 5.74) is 0.999. The van der Waals surface area contributed by atoms with Gasteiger partial charge in [-0.1, -0.05) is 13.0 Å². The molecule has 0 radical (unpaired) electrons. The van der Waals surface area contributed by atoms with E-state index in [9.17, 15) is 14.0 Å². The number of carboxylic acids is 1. The second kappa shape index (κ2) is 9.09. The molecule has 1 aliphatic rings. The van der Waals surface area contributed by atoms with Crippen molar-refractivity contribution in [1.82, 2.24) is 9.80 Å². The Labute approximate surface area is 154 Å². The predicted molar refractivity (Wildman–Crippen MR) is 98.7 cm³/mol. The standard InChI is InChI=1S/C19H28FN3O3/c1-4-22(12-18(24)25)15-7-9-23(10-8-15)14(3)19(26)21-17-6-5-13(2)11-16(17)20/h5-6,11,14-15H,4,7-10,12H2,1-3H3,(H,21,26)(H,24,25). The van der Waals surface area contributed by atoms with Crippen molar-refractivity contribution in [3.8, 4) is 0 Å². The first-order valence-corrected chi connectivity index (χ1v) is 9.08. The summed E-state index contributed by atoms with van der Waals surface area (Å²) in [6.45, 7) is 7.74. The number of rotatable bonds is 7. The SMILES string of the molecule is CCN(CC(=O)O)C1CCN(C(C)C(=O)Nc2ccc(C)cc2F)CC1. The lowest BCUT2D eigenvalue weighted by Crippen LogP contribution is -2.51. The predicted octanol–water partition coefficient (Wildman–Crippen LogP) is 2.33. The van der Waals surface area contributed by atoms with E-state index in [-0.39, 0.29) is 30.2 Å². The van der Waals surface area contributed by atoms with Crippen molar-refractivity contribution < 1.29 is 19.1 Å². The second-order valence-electron chi connectivity index (χ2n) is 6.87. The lowest BCUT2D eigenvalue weighted by atomic mass is 10.0. The molecule has 1 aliphatic heterocycles. The van der Waals surface area contributed by atoms with Crippen molar-refractivity contribution in [1.29, 1.82) is 0 Å². The first-order valence-electron chi connectivity index (χ1n) is 9.08. The molecule has 7 heteroatoms. The van der Waals surface area contributed by atoms with Gasteiger partial charge in [-0.15, -0.1) is 0 Å². The van der Waals surface area contributed by atoms with Crippen LogP contribution in [-0.4, -0.2) is 65.0 Å². The van der Waals surface area contributed by atoms with Gasteiger partial charge in [0.15, 0.2) is 0 Å². The third kappa shape index (κ3) is 5.25. The first kappa shape index (κ1) is 20.3. The van der Waals surface area contributed by atoms with E-state index >= 15 is 0 Å². The largest absolute Gasteiger partial charge is 0.480 e. The molecule has 1 fully saturated rings. The molecule has 0 aliphatic carbocycles. The van der Waals surface area contributed by atoms with Crippen LogP contribution in [-0.2, 0) is 9.59 Å². The number of carbonyl (C=O) groups is 2. The van der Waals surface area contributed by atoms with Gasteiger partial charge in [0.2, 0.25) is 5.91 Å². The Morgan fingerprint density at radius 1 is 1.38 bits per heavy atom. The number of nitrogens with one attached hydrogen (secondary N) is 1. The lowest BCUT2D eigenvalue weighted by Gasteiger charge is -2.39. The molecule has 1 aromatic carbocycles. The van der Waals surface area contributed by atoms with Crippen molar-refractivity contribution in [2.45, 2.75) is 45.7 Å². The Morgan fingerprint density at radius 2 is 2.04 bits per heavy atom. The third-order valence-electron chi connectivity index (χ3n) is 5.07. The molecular formula is C19H28FN3O3. The lowest BCUT2D eigenvalue weighted by molar-refractivity contribution is -0.139. The van der Waals surface area contributed by atoms with Crippen molar-refractivity contribution in [3.63, 3.8) is 0 Å². The fraction of sp³-hybridized carbons (Fsp3) is 0.579. The highest BCUT2D eigenvalue weighted by Crippen LogP contribution is 2.20. The fourth-order valence-corrected chi connectivity index (χ4v) is 3.44. The number of halogens is 1. The Morgan fingerprint density at radius 3 is 2.58 bits per heavy atom. The van der Waals surface area contributed by atoms with Gasteiger partial charge in [-0.2, -0.15) is 0 Å². The van der Waals surface area contributed by atoms with Gasteiger partial charge in [-0.3, -0.25) is 19.4 Å². The molecule has 0 aromatic heterocycles. The molecule has 26 heavy (non-hydrogen) atoms. The van der Waals surface area contributed by atoms with Gasteiger partial charge in [-0.25, -0.2) is 4.39 Å². The maximum absolute atomic E-state index is 13.9. The summed E-state index contributed by atoms with van der Waals surface area (Å²) in [5, 5.41) is 11.7. The summed E-state index contributed by atoms with van der Waals surface area (Å²) >= 11 is 0. The van der Waals surface area contributed by atoms with Gasteiger partial charge < -0.3 is 10.4 Å². The van der Waals surface area contributed by atoms with E-state index in [1.54, 1.807) is 19.1 Å². The van der Waals surface area contributed by atoms with Crippen LogP contribution >= 0.6 is 0 Å². The number of piperidine rings is 1. The van der Waals surface area contributed by atoms with Gasteiger partial charge in [0, 0.05) is 19.1 Å². The molecule has 1 aromatic rings. The molecule has 1 atom stereocenters. The minimum Gasteiger partial charge on any atom is -0.480 e. The van der Waals surface area contributed by atoms with Gasteiger partial charge in [0.1, 0.15) is 5.82 Å². The number of benzene rings is 1. The smallest absolute Gasteiger partial charge is 0.317 e. The van der Waals surface area contributed by atoms with Crippen molar-refractivity contribution >= 4 is 17.6 Å². The van der Waals surface area contributed by atoms with Crippen molar-refractivity contribution in [2.75, 3.05) is 31.5 Å². The number of aliphatic carboxylic acids is 1. The average Bonchev–Trinajstić information content (AvgIpc) is 2.61. The summed E-state index contributed by atoms with van der Waals surface area (Å²) in [7, 11) is 0. The molecule has 0 spiro atoms. The molecule has 0 saturated carbocycles. The Kier molecular flexibility index (Phi) is 7.11. The van der Waals surface area contributed by atoms with Gasteiger partial charge in [0.25, 0.3) is 0 Å². The minimum absolute atomic E-state index is 0.0455. The molecule has 6 nitrogen and oxygen atoms in total. The maximum atomic E-state index is 13.9. The van der Waals surface area contributed by atoms with E-state index in [0.29, 0.717) is 19.6 Å². The van der Waals surface area contributed by atoms with Crippen LogP contribution < -0.4 is 5.32 Å².